The molecule has 4 amide bonds. The smallest absolute Gasteiger partial charge is 0.262 e. The number of hydrogen-bond donors (Lipinski definition) is 3. The zero-order valence-corrected chi connectivity index (χ0v) is 16.1. The van der Waals surface area contributed by atoms with Crippen molar-refractivity contribution in [1.82, 2.24) is 20.9 Å². The minimum atomic E-state index is -0.930. The number of benzene rings is 1. The lowest BCUT2D eigenvalue weighted by molar-refractivity contribution is -0.136. The Morgan fingerprint density at radius 3 is 2.76 bits per heavy atom. The van der Waals surface area contributed by atoms with Gasteiger partial charge in [0.05, 0.1) is 11.1 Å². The standard InChI is InChI=1S/C21H24N4O4/c26-17-7-6-16(19(27)24-17)25-20(28)14-3-1-2-11(18(14)21(25)29)9-23-15-5-4-13-8-12(15)10-22-13/h1-3,12-13,15-16,22-23H,4-10H2,(H,24,26,27). The Bertz CT molecular complexity index is 914. The topological polar surface area (TPSA) is 108 Å². The molecule has 1 aromatic rings. The SMILES string of the molecule is O=C1CCC(N2C(=O)c3cccc(CNC4CCC5CC4CN5)c3C2=O)C(=O)N1. The molecule has 4 atom stereocenters. The molecule has 3 fully saturated rings. The van der Waals surface area contributed by atoms with E-state index in [1.165, 1.54) is 6.42 Å². The van der Waals surface area contributed by atoms with Crippen LogP contribution in [0.4, 0.5) is 0 Å². The predicted molar refractivity (Wildman–Crippen MR) is 103 cm³/mol. The lowest BCUT2D eigenvalue weighted by Crippen LogP contribution is -2.54. The number of nitrogens with one attached hydrogen (secondary N) is 3. The molecular weight excluding hydrogens is 372 g/mol. The normalized spacial score (nSPS) is 31.2. The fourth-order valence-electron chi connectivity index (χ4n) is 5.24. The average Bonchev–Trinajstić information content (AvgIpc) is 3.21. The number of rotatable bonds is 4. The van der Waals surface area contributed by atoms with Gasteiger partial charge in [0.25, 0.3) is 11.8 Å². The number of carbonyl (C=O) groups excluding carboxylic acids is 4. The third-order valence-electron chi connectivity index (χ3n) is 6.76. The summed E-state index contributed by atoms with van der Waals surface area (Å²) in [7, 11) is 0. The second kappa shape index (κ2) is 7.03. The number of carbonyl (C=O) groups is 4. The van der Waals surface area contributed by atoms with Gasteiger partial charge in [-0.1, -0.05) is 12.1 Å². The van der Waals surface area contributed by atoms with Crippen LogP contribution >= 0.6 is 0 Å². The zero-order chi connectivity index (χ0) is 20.1. The van der Waals surface area contributed by atoms with E-state index in [4.69, 9.17) is 0 Å². The number of imide groups is 2. The molecule has 2 saturated heterocycles. The van der Waals surface area contributed by atoms with E-state index in [1.54, 1.807) is 12.1 Å². The summed E-state index contributed by atoms with van der Waals surface area (Å²) in [5.41, 5.74) is 1.50. The lowest BCUT2D eigenvalue weighted by atomic mass is 9.85. The average molecular weight is 396 g/mol. The lowest BCUT2D eigenvalue weighted by Gasteiger charge is -2.29. The quantitative estimate of drug-likeness (QED) is 0.633. The monoisotopic (exact) mass is 396 g/mol. The van der Waals surface area contributed by atoms with Gasteiger partial charge >= 0.3 is 0 Å². The van der Waals surface area contributed by atoms with E-state index in [2.05, 4.69) is 16.0 Å². The van der Waals surface area contributed by atoms with Crippen LogP contribution in [0.1, 0.15) is 58.4 Å². The van der Waals surface area contributed by atoms with Gasteiger partial charge in [0.15, 0.2) is 0 Å². The number of fused-ring (bicyclic) bond motifs is 3. The van der Waals surface area contributed by atoms with Gasteiger partial charge in [-0.25, -0.2) is 0 Å². The zero-order valence-electron chi connectivity index (χ0n) is 16.1. The predicted octanol–water partition coefficient (Wildman–Crippen LogP) is 0.318. The Morgan fingerprint density at radius 1 is 1.07 bits per heavy atom. The van der Waals surface area contributed by atoms with Gasteiger partial charge in [-0.3, -0.25) is 29.4 Å². The van der Waals surface area contributed by atoms with Crippen molar-refractivity contribution in [3.63, 3.8) is 0 Å². The maximum atomic E-state index is 13.1. The molecule has 0 aromatic heterocycles. The molecule has 3 N–H and O–H groups in total. The molecule has 29 heavy (non-hydrogen) atoms. The van der Waals surface area contributed by atoms with E-state index < -0.39 is 23.8 Å². The van der Waals surface area contributed by atoms with Crippen molar-refractivity contribution in [2.24, 2.45) is 5.92 Å². The third kappa shape index (κ3) is 3.07. The summed E-state index contributed by atoms with van der Waals surface area (Å²) in [4.78, 5) is 50.7. The van der Waals surface area contributed by atoms with Crippen molar-refractivity contribution in [1.29, 1.82) is 0 Å². The first-order valence-electron chi connectivity index (χ1n) is 10.3. The molecule has 3 aliphatic heterocycles. The van der Waals surface area contributed by atoms with Crippen molar-refractivity contribution in [3.8, 4) is 0 Å². The van der Waals surface area contributed by atoms with E-state index >= 15 is 0 Å². The molecule has 0 radical (unpaired) electrons. The molecule has 3 heterocycles. The molecule has 8 heteroatoms. The highest BCUT2D eigenvalue weighted by Gasteiger charge is 2.45. The molecule has 4 aliphatic rings. The van der Waals surface area contributed by atoms with Gasteiger partial charge in [0.2, 0.25) is 11.8 Å². The van der Waals surface area contributed by atoms with Crippen LogP contribution in [0.25, 0.3) is 0 Å². The molecule has 1 aromatic carbocycles. The van der Waals surface area contributed by atoms with Gasteiger partial charge in [0.1, 0.15) is 6.04 Å². The first-order chi connectivity index (χ1) is 14.0. The summed E-state index contributed by atoms with van der Waals surface area (Å²) >= 11 is 0. The minimum Gasteiger partial charge on any atom is -0.314 e. The molecular formula is C21H24N4O4. The Hall–Kier alpha value is -2.58. The Balaban J connectivity index is 1.36. The number of amides is 4. The highest BCUT2D eigenvalue weighted by atomic mass is 16.2. The molecule has 8 nitrogen and oxygen atoms in total. The third-order valence-corrected chi connectivity index (χ3v) is 6.76. The van der Waals surface area contributed by atoms with Crippen molar-refractivity contribution < 1.29 is 19.2 Å². The fraction of sp³-hybridized carbons (Fsp3) is 0.524. The molecule has 1 saturated carbocycles. The van der Waals surface area contributed by atoms with Crippen molar-refractivity contribution >= 4 is 23.6 Å². The van der Waals surface area contributed by atoms with Crippen LogP contribution in [-0.2, 0) is 16.1 Å². The van der Waals surface area contributed by atoms with Crippen LogP contribution in [0.15, 0.2) is 18.2 Å². The minimum absolute atomic E-state index is 0.121. The Kier molecular flexibility index (Phi) is 4.48. The summed E-state index contributed by atoms with van der Waals surface area (Å²) in [6.07, 6.45) is 3.73. The largest absolute Gasteiger partial charge is 0.314 e. The summed E-state index contributed by atoms with van der Waals surface area (Å²) < 4.78 is 0. The van der Waals surface area contributed by atoms with Crippen molar-refractivity contribution in [2.75, 3.05) is 6.54 Å². The molecule has 1 aliphatic carbocycles. The summed E-state index contributed by atoms with van der Waals surface area (Å²) in [6, 6.07) is 5.39. The number of nitrogens with zero attached hydrogens (tertiary/aromatic N) is 1. The maximum absolute atomic E-state index is 13.1. The van der Waals surface area contributed by atoms with Crippen LogP contribution in [0, 0.1) is 5.92 Å². The van der Waals surface area contributed by atoms with Crippen LogP contribution < -0.4 is 16.0 Å². The number of hydrogen-bond acceptors (Lipinski definition) is 6. The fourth-order valence-corrected chi connectivity index (χ4v) is 5.24. The number of piperidine rings is 1. The molecule has 2 bridgehead atoms. The summed E-state index contributed by atoms with van der Waals surface area (Å²) in [5, 5.41) is 9.37. The van der Waals surface area contributed by atoms with Crippen LogP contribution in [0.2, 0.25) is 0 Å². The van der Waals surface area contributed by atoms with Crippen molar-refractivity contribution in [2.45, 2.75) is 56.8 Å². The van der Waals surface area contributed by atoms with E-state index in [1.807, 2.05) is 6.07 Å². The molecule has 5 rings (SSSR count). The highest BCUT2D eigenvalue weighted by molar-refractivity contribution is 6.24. The van der Waals surface area contributed by atoms with Gasteiger partial charge in [-0.15, -0.1) is 0 Å². The van der Waals surface area contributed by atoms with E-state index in [9.17, 15) is 19.2 Å². The molecule has 4 unspecified atom stereocenters. The Morgan fingerprint density at radius 2 is 1.93 bits per heavy atom. The van der Waals surface area contributed by atoms with Gasteiger partial charge < -0.3 is 10.6 Å². The molecule has 152 valence electrons. The Labute approximate surface area is 168 Å². The van der Waals surface area contributed by atoms with Crippen LogP contribution in [0.5, 0.6) is 0 Å². The van der Waals surface area contributed by atoms with Gasteiger partial charge in [0, 0.05) is 25.0 Å². The maximum Gasteiger partial charge on any atom is 0.262 e. The highest BCUT2D eigenvalue weighted by Crippen LogP contribution is 2.32. The second-order valence-electron chi connectivity index (χ2n) is 8.45. The first-order valence-corrected chi connectivity index (χ1v) is 10.3. The summed E-state index contributed by atoms with van der Waals surface area (Å²) in [6.45, 7) is 1.53. The van der Waals surface area contributed by atoms with E-state index in [0.29, 0.717) is 35.7 Å². The van der Waals surface area contributed by atoms with E-state index in [-0.39, 0.29) is 18.7 Å². The van der Waals surface area contributed by atoms with Crippen molar-refractivity contribution in [3.05, 3.63) is 34.9 Å². The summed E-state index contributed by atoms with van der Waals surface area (Å²) in [5.74, 6) is -1.25. The van der Waals surface area contributed by atoms with Gasteiger partial charge in [-0.05, 0) is 49.8 Å². The van der Waals surface area contributed by atoms with Crippen LogP contribution in [-0.4, -0.2) is 53.2 Å². The second-order valence-corrected chi connectivity index (χ2v) is 8.45. The first kappa shape index (κ1) is 18.4. The van der Waals surface area contributed by atoms with Gasteiger partial charge in [-0.2, -0.15) is 0 Å². The molecule has 0 spiro atoms. The van der Waals surface area contributed by atoms with Crippen LogP contribution in [0.3, 0.4) is 0 Å². The van der Waals surface area contributed by atoms with E-state index in [0.717, 1.165) is 29.8 Å².